The van der Waals surface area contributed by atoms with Crippen molar-refractivity contribution < 1.29 is 19.1 Å². The van der Waals surface area contributed by atoms with E-state index >= 15 is 0 Å². The molecule has 0 radical (unpaired) electrons. The lowest BCUT2D eigenvalue weighted by Crippen LogP contribution is -2.46. The molecule has 0 aromatic carbocycles. The number of ether oxygens (including phenoxy) is 2. The van der Waals surface area contributed by atoms with Gasteiger partial charge in [-0.15, -0.1) is 0 Å². The molecule has 1 heterocycles. The quantitative estimate of drug-likeness (QED) is 0.628. The largest absolute Gasteiger partial charge is 0.489 e. The molecule has 2 aliphatic carbocycles. The van der Waals surface area contributed by atoms with Crippen molar-refractivity contribution >= 4 is 27.9 Å². The molecule has 0 spiro atoms. The third kappa shape index (κ3) is 6.48. The van der Waals surface area contributed by atoms with E-state index < -0.39 is 17.1 Å². The van der Waals surface area contributed by atoms with Gasteiger partial charge in [0.15, 0.2) is 0 Å². The number of amides is 2. The van der Waals surface area contributed by atoms with Gasteiger partial charge >= 0.3 is 6.09 Å². The molecule has 9 heteroatoms. The number of nitrogens with zero attached hydrogens (tertiary/aromatic N) is 1. The fraction of sp³-hybridized carbons (Fsp3) is 0.682. The maximum absolute atomic E-state index is 12.8. The zero-order valence-electron chi connectivity index (χ0n) is 18.6. The highest BCUT2D eigenvalue weighted by Crippen LogP contribution is 2.45. The number of hydrogen-bond acceptors (Lipinski definition) is 5. The van der Waals surface area contributed by atoms with Gasteiger partial charge in [-0.25, -0.2) is 4.79 Å². The van der Waals surface area contributed by atoms with Crippen LogP contribution < -0.4 is 20.9 Å². The van der Waals surface area contributed by atoms with Crippen LogP contribution in [0.4, 0.5) is 4.79 Å². The second-order valence-corrected chi connectivity index (χ2v) is 10.5. The molecule has 172 valence electrons. The van der Waals surface area contributed by atoms with Gasteiger partial charge in [0.05, 0.1) is 16.0 Å². The van der Waals surface area contributed by atoms with Crippen LogP contribution in [0.1, 0.15) is 59.3 Å². The van der Waals surface area contributed by atoms with Crippen molar-refractivity contribution in [3.63, 3.8) is 0 Å². The molecule has 8 nitrogen and oxygen atoms in total. The van der Waals surface area contributed by atoms with Crippen LogP contribution >= 0.6 is 15.9 Å². The van der Waals surface area contributed by atoms with E-state index in [9.17, 15) is 14.4 Å². The van der Waals surface area contributed by atoms with Gasteiger partial charge in [0.1, 0.15) is 11.4 Å². The van der Waals surface area contributed by atoms with Crippen molar-refractivity contribution in [2.24, 2.45) is 12.5 Å². The molecule has 0 bridgehead atoms. The fourth-order valence-corrected chi connectivity index (χ4v) is 4.22. The standard InChI is InChI=1S/C22H32BrN3O5/c1-21(2,3)31-20(29)24-13-22(9-10-22)19(28)25-14-5-7-15(8-6-14)30-17-11-18(27)26(4)12-16(17)23/h11-12,14-15H,5-10,13H2,1-4H3,(H,24,29)(H,25,28). The lowest BCUT2D eigenvalue weighted by Gasteiger charge is -2.31. The van der Waals surface area contributed by atoms with Crippen molar-refractivity contribution in [1.82, 2.24) is 15.2 Å². The minimum absolute atomic E-state index is 0.00206. The predicted octanol–water partition coefficient (Wildman–Crippen LogP) is 3.26. The Morgan fingerprint density at radius 3 is 2.45 bits per heavy atom. The molecule has 0 aliphatic heterocycles. The van der Waals surface area contributed by atoms with Crippen LogP contribution in [0, 0.1) is 5.41 Å². The fourth-order valence-electron chi connectivity index (χ4n) is 3.70. The summed E-state index contributed by atoms with van der Waals surface area (Å²) in [6.45, 7) is 5.72. The maximum Gasteiger partial charge on any atom is 0.407 e. The van der Waals surface area contributed by atoms with Gasteiger partial charge < -0.3 is 24.7 Å². The van der Waals surface area contributed by atoms with Gasteiger partial charge in [-0.1, -0.05) is 0 Å². The van der Waals surface area contributed by atoms with Crippen molar-refractivity contribution in [3.05, 3.63) is 27.1 Å². The summed E-state index contributed by atoms with van der Waals surface area (Å²) in [6, 6.07) is 1.59. The molecule has 3 rings (SSSR count). The van der Waals surface area contributed by atoms with Crippen LogP contribution in [-0.2, 0) is 16.6 Å². The highest BCUT2D eigenvalue weighted by molar-refractivity contribution is 9.10. The van der Waals surface area contributed by atoms with E-state index in [4.69, 9.17) is 9.47 Å². The topological polar surface area (TPSA) is 98.7 Å². The molecular weight excluding hydrogens is 466 g/mol. The van der Waals surface area contributed by atoms with Crippen molar-refractivity contribution in [3.8, 4) is 5.75 Å². The number of carbonyl (C=O) groups is 2. The van der Waals surface area contributed by atoms with Gasteiger partial charge in [0, 0.05) is 31.9 Å². The van der Waals surface area contributed by atoms with Crippen molar-refractivity contribution in [1.29, 1.82) is 0 Å². The predicted molar refractivity (Wildman–Crippen MR) is 120 cm³/mol. The Morgan fingerprint density at radius 1 is 1.23 bits per heavy atom. The molecule has 31 heavy (non-hydrogen) atoms. The smallest absolute Gasteiger partial charge is 0.407 e. The molecule has 0 unspecified atom stereocenters. The zero-order chi connectivity index (χ0) is 22.8. The number of pyridine rings is 1. The zero-order valence-corrected chi connectivity index (χ0v) is 20.2. The first-order chi connectivity index (χ1) is 14.5. The Balaban J connectivity index is 1.44. The number of aryl methyl sites for hydroxylation is 1. The second-order valence-electron chi connectivity index (χ2n) is 9.64. The summed E-state index contributed by atoms with van der Waals surface area (Å²) in [4.78, 5) is 36.5. The van der Waals surface area contributed by atoms with E-state index in [2.05, 4.69) is 26.6 Å². The van der Waals surface area contributed by atoms with Crippen LogP contribution in [0.25, 0.3) is 0 Å². The number of rotatable bonds is 6. The Kier molecular flexibility index (Phi) is 7.03. The Labute approximate surface area is 191 Å². The summed E-state index contributed by atoms with van der Waals surface area (Å²) in [5, 5.41) is 5.89. The Bertz CT molecular complexity index is 880. The van der Waals surface area contributed by atoms with Crippen LogP contribution in [-0.4, -0.2) is 40.9 Å². The molecule has 0 atom stereocenters. The summed E-state index contributed by atoms with van der Waals surface area (Å²) in [7, 11) is 1.69. The third-order valence-electron chi connectivity index (χ3n) is 5.75. The molecule has 2 saturated carbocycles. The maximum atomic E-state index is 12.8. The van der Waals surface area contributed by atoms with Crippen LogP contribution in [0.3, 0.4) is 0 Å². The highest BCUT2D eigenvalue weighted by atomic mass is 79.9. The molecule has 2 aliphatic rings. The van der Waals surface area contributed by atoms with Crippen LogP contribution in [0.15, 0.2) is 21.5 Å². The first kappa shape index (κ1) is 23.6. The van der Waals surface area contributed by atoms with Crippen molar-refractivity contribution in [2.75, 3.05) is 6.54 Å². The van der Waals surface area contributed by atoms with Gasteiger partial charge in [0.25, 0.3) is 5.56 Å². The van der Waals surface area contributed by atoms with Gasteiger partial charge in [-0.05, 0) is 75.2 Å². The van der Waals surface area contributed by atoms with E-state index in [1.165, 1.54) is 10.6 Å². The van der Waals surface area contributed by atoms with Gasteiger partial charge in [0.2, 0.25) is 5.91 Å². The molecule has 2 amide bonds. The first-order valence-electron chi connectivity index (χ1n) is 10.8. The van der Waals surface area contributed by atoms with E-state index in [1.54, 1.807) is 13.2 Å². The number of hydrogen-bond donors (Lipinski definition) is 2. The monoisotopic (exact) mass is 497 g/mol. The molecule has 1 aromatic heterocycles. The Hall–Kier alpha value is -2.03. The Morgan fingerprint density at radius 2 is 1.87 bits per heavy atom. The second kappa shape index (κ2) is 9.22. The third-order valence-corrected chi connectivity index (χ3v) is 6.35. The summed E-state index contributed by atoms with van der Waals surface area (Å²) in [5.41, 5.74) is -1.19. The van der Waals surface area contributed by atoms with Gasteiger partial charge in [-0.2, -0.15) is 0 Å². The average molecular weight is 498 g/mol. The SMILES string of the molecule is Cn1cc(Br)c(OC2CCC(NC(=O)C3(CNC(=O)OC(C)(C)C)CC3)CC2)cc1=O. The summed E-state index contributed by atoms with van der Waals surface area (Å²) >= 11 is 3.44. The molecule has 2 N–H and O–H groups in total. The number of alkyl carbamates (subject to hydrolysis) is 1. The average Bonchev–Trinajstić information content (AvgIpc) is 3.46. The molecule has 1 aromatic rings. The number of nitrogens with one attached hydrogen (secondary N) is 2. The van der Waals surface area contributed by atoms with E-state index in [-0.39, 0.29) is 23.6 Å². The minimum atomic E-state index is -0.563. The van der Waals surface area contributed by atoms with Gasteiger partial charge in [-0.3, -0.25) is 9.59 Å². The number of carbonyl (C=O) groups excluding carboxylic acids is 2. The molecule has 2 fully saturated rings. The molecular formula is C22H32BrN3O5. The summed E-state index contributed by atoms with van der Waals surface area (Å²) in [5.74, 6) is 0.558. The minimum Gasteiger partial charge on any atom is -0.489 e. The lowest BCUT2D eigenvalue weighted by molar-refractivity contribution is -0.127. The van der Waals surface area contributed by atoms with Crippen molar-refractivity contribution in [2.45, 2.75) is 77.0 Å². The number of aromatic nitrogens is 1. The number of halogens is 1. The lowest BCUT2D eigenvalue weighted by atomic mass is 9.92. The first-order valence-corrected chi connectivity index (χ1v) is 11.6. The van der Waals surface area contributed by atoms with Crippen LogP contribution in [0.5, 0.6) is 5.75 Å². The summed E-state index contributed by atoms with van der Waals surface area (Å²) in [6.07, 6.45) is 5.98. The normalized spacial score (nSPS) is 22.4. The van der Waals surface area contributed by atoms with Crippen LogP contribution in [0.2, 0.25) is 0 Å². The van der Waals surface area contributed by atoms with E-state index in [0.29, 0.717) is 12.3 Å². The van der Waals surface area contributed by atoms with E-state index in [1.807, 2.05) is 20.8 Å². The summed E-state index contributed by atoms with van der Waals surface area (Å²) < 4.78 is 13.5. The molecule has 0 saturated heterocycles. The van der Waals surface area contributed by atoms with E-state index in [0.717, 1.165) is 43.0 Å². The highest BCUT2D eigenvalue weighted by Gasteiger charge is 2.50.